The molecule has 0 aliphatic heterocycles. The Bertz CT molecular complexity index is 761. The lowest BCUT2D eigenvalue weighted by atomic mass is 10.2. The van der Waals surface area contributed by atoms with Crippen molar-refractivity contribution in [1.82, 2.24) is 9.78 Å². The molecular weight excluding hydrogens is 264 g/mol. The first kappa shape index (κ1) is 13.1. The fourth-order valence-electron chi connectivity index (χ4n) is 1.89. The van der Waals surface area contributed by atoms with Crippen molar-refractivity contribution in [3.8, 4) is 11.6 Å². The van der Waals surface area contributed by atoms with Gasteiger partial charge in [0.1, 0.15) is 0 Å². The van der Waals surface area contributed by atoms with Gasteiger partial charge in [0.2, 0.25) is 5.88 Å². The second kappa shape index (κ2) is 5.58. The highest BCUT2D eigenvalue weighted by Gasteiger charge is 2.10. The molecule has 2 aromatic carbocycles. The third-order valence-electron chi connectivity index (χ3n) is 3.03. The number of nitrogens with zero attached hydrogens (tertiary/aromatic N) is 4. The van der Waals surface area contributed by atoms with Crippen LogP contribution in [0.4, 0.5) is 11.4 Å². The van der Waals surface area contributed by atoms with Crippen molar-refractivity contribution in [2.24, 2.45) is 10.2 Å². The van der Waals surface area contributed by atoms with Crippen LogP contribution in [0.2, 0.25) is 0 Å². The molecule has 1 heterocycles. The van der Waals surface area contributed by atoms with E-state index >= 15 is 0 Å². The highest BCUT2D eigenvalue weighted by atomic mass is 16.3. The van der Waals surface area contributed by atoms with Crippen LogP contribution in [-0.4, -0.2) is 14.9 Å². The number of aromatic hydroxyl groups is 1. The molecule has 0 fully saturated rings. The van der Waals surface area contributed by atoms with E-state index in [2.05, 4.69) is 15.3 Å². The Balaban J connectivity index is 1.89. The minimum atomic E-state index is -0.0291. The van der Waals surface area contributed by atoms with Crippen LogP contribution in [0, 0.1) is 6.92 Å². The number of rotatable bonds is 3. The van der Waals surface area contributed by atoms with Crippen LogP contribution in [-0.2, 0) is 0 Å². The fourth-order valence-corrected chi connectivity index (χ4v) is 1.89. The first-order valence-corrected chi connectivity index (χ1v) is 6.55. The van der Waals surface area contributed by atoms with Gasteiger partial charge in [-0.2, -0.15) is 14.9 Å². The van der Waals surface area contributed by atoms with Crippen LogP contribution in [0.3, 0.4) is 0 Å². The van der Waals surface area contributed by atoms with Crippen molar-refractivity contribution in [3.05, 3.63) is 66.4 Å². The maximum atomic E-state index is 10.2. The lowest BCUT2D eigenvalue weighted by molar-refractivity contribution is 0.434. The van der Waals surface area contributed by atoms with Crippen molar-refractivity contribution in [1.29, 1.82) is 0 Å². The molecule has 0 bridgehead atoms. The predicted molar refractivity (Wildman–Crippen MR) is 80.6 cm³/mol. The molecule has 3 aromatic rings. The summed E-state index contributed by atoms with van der Waals surface area (Å²) in [4.78, 5) is 0. The van der Waals surface area contributed by atoms with Gasteiger partial charge in [-0.05, 0) is 31.2 Å². The molecule has 5 nitrogen and oxygen atoms in total. The monoisotopic (exact) mass is 278 g/mol. The van der Waals surface area contributed by atoms with E-state index in [-0.39, 0.29) is 5.88 Å². The minimum absolute atomic E-state index is 0.0291. The second-order valence-corrected chi connectivity index (χ2v) is 4.64. The third-order valence-corrected chi connectivity index (χ3v) is 3.03. The average Bonchev–Trinajstić information content (AvgIpc) is 2.88. The number of aromatic nitrogens is 2. The average molecular weight is 278 g/mol. The Labute approximate surface area is 122 Å². The molecule has 0 atom stereocenters. The van der Waals surface area contributed by atoms with E-state index in [1.54, 1.807) is 0 Å². The highest BCUT2D eigenvalue weighted by Crippen LogP contribution is 2.29. The van der Waals surface area contributed by atoms with E-state index in [1.807, 2.05) is 61.5 Å². The summed E-state index contributed by atoms with van der Waals surface area (Å²) in [7, 11) is 0. The van der Waals surface area contributed by atoms with Crippen LogP contribution in [0.1, 0.15) is 5.56 Å². The molecule has 0 spiro atoms. The summed E-state index contributed by atoms with van der Waals surface area (Å²) in [6.07, 6.45) is 1.49. The molecule has 0 saturated heterocycles. The summed E-state index contributed by atoms with van der Waals surface area (Å²) in [5.41, 5.74) is 2.98. The summed E-state index contributed by atoms with van der Waals surface area (Å²) >= 11 is 0. The molecule has 1 aromatic heterocycles. The van der Waals surface area contributed by atoms with Crippen molar-refractivity contribution >= 4 is 11.4 Å². The summed E-state index contributed by atoms with van der Waals surface area (Å²) in [5.74, 6) is -0.0291. The molecule has 0 saturated carbocycles. The van der Waals surface area contributed by atoms with Gasteiger partial charge in [0.15, 0.2) is 5.69 Å². The molecule has 0 aliphatic rings. The molecule has 21 heavy (non-hydrogen) atoms. The predicted octanol–water partition coefficient (Wildman–Crippen LogP) is 4.30. The standard InChI is InChI=1S/C16H14N4O/c1-12-7-9-14(10-8-12)20-16(21)15(11-17-20)19-18-13-5-3-2-4-6-13/h2-11,21H,1H3/b19-18+. The van der Waals surface area contributed by atoms with E-state index < -0.39 is 0 Å². The molecule has 5 heteroatoms. The molecule has 0 radical (unpaired) electrons. The van der Waals surface area contributed by atoms with Crippen LogP contribution < -0.4 is 0 Å². The smallest absolute Gasteiger partial charge is 0.242 e. The van der Waals surface area contributed by atoms with Crippen LogP contribution in [0.25, 0.3) is 5.69 Å². The molecule has 0 unspecified atom stereocenters. The minimum Gasteiger partial charge on any atom is -0.492 e. The Hall–Kier alpha value is -2.95. The number of aryl methyl sites for hydroxylation is 1. The Morgan fingerprint density at radius 1 is 0.952 bits per heavy atom. The first-order chi connectivity index (χ1) is 10.2. The van der Waals surface area contributed by atoms with Crippen LogP contribution in [0.5, 0.6) is 5.88 Å². The zero-order valence-corrected chi connectivity index (χ0v) is 11.5. The Kier molecular flexibility index (Phi) is 3.47. The largest absolute Gasteiger partial charge is 0.492 e. The first-order valence-electron chi connectivity index (χ1n) is 6.55. The number of azo groups is 1. The molecule has 104 valence electrons. The Morgan fingerprint density at radius 3 is 2.38 bits per heavy atom. The lowest BCUT2D eigenvalue weighted by Gasteiger charge is -2.03. The van der Waals surface area contributed by atoms with Gasteiger partial charge in [-0.15, -0.1) is 5.11 Å². The topological polar surface area (TPSA) is 62.8 Å². The number of benzene rings is 2. The Morgan fingerprint density at radius 2 is 1.67 bits per heavy atom. The zero-order valence-electron chi connectivity index (χ0n) is 11.5. The highest BCUT2D eigenvalue weighted by molar-refractivity contribution is 5.50. The van der Waals surface area contributed by atoms with Gasteiger partial charge >= 0.3 is 0 Å². The lowest BCUT2D eigenvalue weighted by Crippen LogP contribution is -1.94. The van der Waals surface area contributed by atoms with Gasteiger partial charge in [0, 0.05) is 0 Å². The SMILES string of the molecule is Cc1ccc(-n2ncc(/N=N/c3ccccc3)c2O)cc1. The maximum absolute atomic E-state index is 10.2. The zero-order chi connectivity index (χ0) is 14.7. The van der Waals surface area contributed by atoms with Crippen LogP contribution >= 0.6 is 0 Å². The molecule has 3 rings (SSSR count). The van der Waals surface area contributed by atoms with Crippen LogP contribution in [0.15, 0.2) is 71.0 Å². The van der Waals surface area contributed by atoms with Gasteiger partial charge in [0.25, 0.3) is 0 Å². The second-order valence-electron chi connectivity index (χ2n) is 4.64. The van der Waals surface area contributed by atoms with Gasteiger partial charge < -0.3 is 5.11 Å². The van der Waals surface area contributed by atoms with Gasteiger partial charge in [-0.1, -0.05) is 35.9 Å². The van der Waals surface area contributed by atoms with Gasteiger partial charge in [0.05, 0.1) is 17.6 Å². The molecular formula is C16H14N4O. The van der Waals surface area contributed by atoms with E-state index in [9.17, 15) is 5.11 Å². The quantitative estimate of drug-likeness (QED) is 0.726. The van der Waals surface area contributed by atoms with Gasteiger partial charge in [-0.25, -0.2) is 0 Å². The molecule has 1 N–H and O–H groups in total. The molecule has 0 aliphatic carbocycles. The van der Waals surface area contributed by atoms with E-state index in [0.717, 1.165) is 16.9 Å². The van der Waals surface area contributed by atoms with Crippen molar-refractivity contribution in [2.75, 3.05) is 0 Å². The fraction of sp³-hybridized carbons (Fsp3) is 0.0625. The summed E-state index contributed by atoms with van der Waals surface area (Å²) in [6, 6.07) is 17.0. The van der Waals surface area contributed by atoms with Crippen molar-refractivity contribution < 1.29 is 5.11 Å². The van der Waals surface area contributed by atoms with E-state index in [1.165, 1.54) is 10.9 Å². The normalized spacial score (nSPS) is 11.1. The molecule has 0 amide bonds. The number of hydrogen-bond donors (Lipinski definition) is 1. The number of hydrogen-bond acceptors (Lipinski definition) is 4. The maximum Gasteiger partial charge on any atom is 0.242 e. The summed E-state index contributed by atoms with van der Waals surface area (Å²) in [5, 5.41) is 22.4. The third kappa shape index (κ3) is 2.81. The van der Waals surface area contributed by atoms with E-state index in [0.29, 0.717) is 5.69 Å². The summed E-state index contributed by atoms with van der Waals surface area (Å²) < 4.78 is 1.43. The van der Waals surface area contributed by atoms with Crippen molar-refractivity contribution in [3.63, 3.8) is 0 Å². The van der Waals surface area contributed by atoms with Crippen molar-refractivity contribution in [2.45, 2.75) is 6.92 Å². The van der Waals surface area contributed by atoms with E-state index in [4.69, 9.17) is 0 Å². The summed E-state index contributed by atoms with van der Waals surface area (Å²) in [6.45, 7) is 2.01. The van der Waals surface area contributed by atoms with Gasteiger partial charge in [-0.3, -0.25) is 0 Å².